The molecule has 0 aromatic heterocycles. The van der Waals surface area contributed by atoms with Gasteiger partial charge in [0.2, 0.25) is 0 Å². The van der Waals surface area contributed by atoms with Gasteiger partial charge >= 0.3 is 6.09 Å². The smallest absolute Gasteiger partial charge is 0.410 e. The molecule has 1 saturated heterocycles. The lowest BCUT2D eigenvalue weighted by molar-refractivity contribution is -0.00811. The molecule has 1 aliphatic rings. The lowest BCUT2D eigenvalue weighted by Gasteiger charge is -2.41. The van der Waals surface area contributed by atoms with Crippen LogP contribution in [0.1, 0.15) is 54.9 Å². The monoisotopic (exact) mass is 345 g/mol. The molecule has 1 amide bonds. The van der Waals surface area contributed by atoms with Gasteiger partial charge in [-0.15, -0.1) is 0 Å². The number of ether oxygens (including phenoxy) is 1. The summed E-state index contributed by atoms with van der Waals surface area (Å²) < 4.78 is 12.0. The van der Waals surface area contributed by atoms with Crippen LogP contribution in [0.4, 0.5) is 4.79 Å². The van der Waals surface area contributed by atoms with Crippen molar-refractivity contribution in [3.05, 3.63) is 0 Å². The lowest BCUT2D eigenvalue weighted by Crippen LogP contribution is -2.52. The average molecular weight is 346 g/mol. The van der Waals surface area contributed by atoms with Crippen LogP contribution in [-0.2, 0) is 9.16 Å². The highest BCUT2D eigenvalue weighted by Gasteiger charge is 2.47. The van der Waals surface area contributed by atoms with Gasteiger partial charge in [0.1, 0.15) is 5.60 Å². The van der Waals surface area contributed by atoms with E-state index in [2.05, 4.69) is 33.9 Å². The number of carbonyl (C=O) groups excluding carboxylic acids is 1. The first-order chi connectivity index (χ1) is 10.2. The molecule has 0 saturated carbocycles. The molecular weight excluding hydrogens is 310 g/mol. The molecule has 0 radical (unpaired) electrons. The van der Waals surface area contributed by atoms with E-state index in [-0.39, 0.29) is 23.3 Å². The Labute approximate surface area is 142 Å². The Kier molecular flexibility index (Phi) is 5.98. The molecule has 0 spiro atoms. The standard InChI is InChI=1S/C17H35NO4Si/c1-12(19)14-13(22-23(8,9)17(5,6)7)10-11-18(14)15(20)21-16(2,3)4/h12-14,19H,10-11H2,1-9H3/t12-,13-,14-/m0/s1. The Morgan fingerprint density at radius 1 is 1.22 bits per heavy atom. The minimum absolute atomic E-state index is 0.0928. The molecule has 23 heavy (non-hydrogen) atoms. The van der Waals surface area contributed by atoms with Crippen LogP contribution in [0.5, 0.6) is 0 Å². The van der Waals surface area contributed by atoms with Gasteiger partial charge in [-0.2, -0.15) is 0 Å². The SMILES string of the molecule is C[C@H](O)[C@H]1[C@@H](O[Si](C)(C)C(C)(C)C)CCN1C(=O)OC(C)(C)C. The molecule has 0 bridgehead atoms. The van der Waals surface area contributed by atoms with Gasteiger partial charge in [-0.3, -0.25) is 4.90 Å². The molecule has 1 heterocycles. The highest BCUT2D eigenvalue weighted by molar-refractivity contribution is 6.74. The summed E-state index contributed by atoms with van der Waals surface area (Å²) in [5.41, 5.74) is -0.543. The number of rotatable bonds is 3. The third-order valence-corrected chi connectivity index (χ3v) is 9.27. The van der Waals surface area contributed by atoms with E-state index in [0.717, 1.165) is 6.42 Å². The lowest BCUT2D eigenvalue weighted by atomic mass is 10.1. The van der Waals surface area contributed by atoms with Crippen molar-refractivity contribution in [1.29, 1.82) is 0 Å². The van der Waals surface area contributed by atoms with Gasteiger partial charge in [0.15, 0.2) is 8.32 Å². The van der Waals surface area contributed by atoms with Gasteiger partial charge in [0, 0.05) is 6.54 Å². The molecule has 0 unspecified atom stereocenters. The molecule has 1 N–H and O–H groups in total. The second-order valence-corrected chi connectivity index (χ2v) is 13.9. The first-order valence-electron chi connectivity index (χ1n) is 8.51. The second kappa shape index (κ2) is 6.73. The Morgan fingerprint density at radius 2 is 1.74 bits per heavy atom. The molecular formula is C17H35NO4Si. The minimum atomic E-state index is -1.96. The minimum Gasteiger partial charge on any atom is -0.444 e. The van der Waals surface area contributed by atoms with Crippen molar-refractivity contribution in [3.63, 3.8) is 0 Å². The van der Waals surface area contributed by atoms with Crippen LogP contribution >= 0.6 is 0 Å². The average Bonchev–Trinajstić information content (AvgIpc) is 2.67. The zero-order valence-electron chi connectivity index (χ0n) is 16.3. The molecule has 136 valence electrons. The molecule has 0 aromatic rings. The molecule has 5 nitrogen and oxygen atoms in total. The van der Waals surface area contributed by atoms with Crippen LogP contribution in [0, 0.1) is 0 Å². The number of carbonyl (C=O) groups is 1. The number of amides is 1. The first-order valence-corrected chi connectivity index (χ1v) is 11.4. The van der Waals surface area contributed by atoms with E-state index in [0.29, 0.717) is 6.54 Å². The van der Waals surface area contributed by atoms with Crippen LogP contribution in [0.25, 0.3) is 0 Å². The molecule has 1 fully saturated rings. The topological polar surface area (TPSA) is 59.0 Å². The Morgan fingerprint density at radius 3 is 2.13 bits per heavy atom. The van der Waals surface area contributed by atoms with Crippen molar-refractivity contribution in [2.45, 2.75) is 96.9 Å². The summed E-state index contributed by atoms with van der Waals surface area (Å²) in [6.45, 7) is 18.8. The van der Waals surface area contributed by atoms with Gasteiger partial charge in [0.25, 0.3) is 0 Å². The third kappa shape index (κ3) is 5.19. The zero-order chi connectivity index (χ0) is 18.2. The van der Waals surface area contributed by atoms with E-state index >= 15 is 0 Å². The maximum absolute atomic E-state index is 12.4. The zero-order valence-corrected chi connectivity index (χ0v) is 17.3. The van der Waals surface area contributed by atoms with Gasteiger partial charge < -0.3 is 14.3 Å². The number of nitrogens with zero attached hydrogens (tertiary/aromatic N) is 1. The van der Waals surface area contributed by atoms with Gasteiger partial charge in [0.05, 0.1) is 18.2 Å². The second-order valence-electron chi connectivity index (χ2n) is 9.11. The van der Waals surface area contributed by atoms with Crippen LogP contribution in [-0.4, -0.2) is 54.8 Å². The van der Waals surface area contributed by atoms with Crippen molar-refractivity contribution < 1.29 is 19.1 Å². The molecule has 1 aliphatic heterocycles. The van der Waals surface area contributed by atoms with E-state index < -0.39 is 20.0 Å². The van der Waals surface area contributed by atoms with E-state index in [4.69, 9.17) is 9.16 Å². The maximum Gasteiger partial charge on any atom is 0.410 e. The van der Waals surface area contributed by atoms with E-state index in [9.17, 15) is 9.90 Å². The molecule has 6 heteroatoms. The summed E-state index contributed by atoms with van der Waals surface area (Å²) in [5.74, 6) is 0. The predicted octanol–water partition coefficient (Wildman–Crippen LogP) is 3.77. The third-order valence-electron chi connectivity index (χ3n) is 4.77. The quantitative estimate of drug-likeness (QED) is 0.791. The first kappa shape index (κ1) is 20.5. The van der Waals surface area contributed by atoms with Crippen LogP contribution in [0.2, 0.25) is 18.1 Å². The Hall–Kier alpha value is -0.593. The van der Waals surface area contributed by atoms with Crippen LogP contribution < -0.4 is 0 Å². The van der Waals surface area contributed by atoms with Gasteiger partial charge in [-0.05, 0) is 52.2 Å². The van der Waals surface area contributed by atoms with E-state index in [1.54, 1.807) is 11.8 Å². The summed E-state index contributed by atoms with van der Waals surface area (Å²) in [6.07, 6.45) is -0.422. The van der Waals surface area contributed by atoms with Crippen LogP contribution in [0.15, 0.2) is 0 Å². The summed E-state index contributed by atoms with van der Waals surface area (Å²) in [5, 5.41) is 10.3. The summed E-state index contributed by atoms with van der Waals surface area (Å²) >= 11 is 0. The van der Waals surface area contributed by atoms with Gasteiger partial charge in [-0.25, -0.2) is 4.79 Å². The van der Waals surface area contributed by atoms with Crippen molar-refractivity contribution in [2.75, 3.05) is 6.54 Å². The number of hydrogen-bond acceptors (Lipinski definition) is 4. The largest absolute Gasteiger partial charge is 0.444 e. The molecule has 0 aliphatic carbocycles. The maximum atomic E-state index is 12.4. The molecule has 1 rings (SSSR count). The van der Waals surface area contributed by atoms with Gasteiger partial charge in [-0.1, -0.05) is 20.8 Å². The Bertz CT molecular complexity index is 423. The summed E-state index contributed by atoms with van der Waals surface area (Å²) in [7, 11) is -1.96. The number of aliphatic hydroxyl groups excluding tert-OH is 1. The number of likely N-dealkylation sites (tertiary alicyclic amines) is 1. The highest BCUT2D eigenvalue weighted by atomic mass is 28.4. The number of hydrogen-bond donors (Lipinski definition) is 1. The molecule has 0 aromatic carbocycles. The Balaban J connectivity index is 2.91. The summed E-state index contributed by atoms with van der Waals surface area (Å²) in [6, 6.07) is -0.348. The molecule has 3 atom stereocenters. The van der Waals surface area contributed by atoms with E-state index in [1.165, 1.54) is 0 Å². The van der Waals surface area contributed by atoms with Crippen molar-refractivity contribution in [2.24, 2.45) is 0 Å². The fourth-order valence-electron chi connectivity index (χ4n) is 2.58. The van der Waals surface area contributed by atoms with Crippen molar-refractivity contribution >= 4 is 14.4 Å². The highest BCUT2D eigenvalue weighted by Crippen LogP contribution is 2.39. The normalized spacial score (nSPS) is 24.7. The fraction of sp³-hybridized carbons (Fsp3) is 0.941. The number of aliphatic hydroxyl groups is 1. The van der Waals surface area contributed by atoms with Crippen LogP contribution in [0.3, 0.4) is 0 Å². The predicted molar refractivity (Wildman–Crippen MR) is 95.1 cm³/mol. The van der Waals surface area contributed by atoms with Crippen molar-refractivity contribution in [1.82, 2.24) is 4.90 Å². The van der Waals surface area contributed by atoms with Crippen molar-refractivity contribution in [3.8, 4) is 0 Å². The summed E-state index contributed by atoms with van der Waals surface area (Å²) in [4.78, 5) is 14.1. The van der Waals surface area contributed by atoms with E-state index in [1.807, 2.05) is 20.8 Å². The fourth-order valence-corrected chi connectivity index (χ4v) is 3.94.